The summed E-state index contributed by atoms with van der Waals surface area (Å²) in [6.45, 7) is 6.06. The Morgan fingerprint density at radius 1 is 1.03 bits per heavy atom. The smallest absolute Gasteiger partial charge is 0.185 e. The second kappa shape index (κ2) is 9.59. The van der Waals surface area contributed by atoms with Gasteiger partial charge in [-0.3, -0.25) is 0 Å². The molecular weight excluding hydrogens is 430 g/mol. The normalized spacial score (nSPS) is 30.8. The lowest BCUT2D eigenvalue weighted by Crippen LogP contribution is -2.68. The zero-order valence-corrected chi connectivity index (χ0v) is 19.6. The first-order chi connectivity index (χ1) is 15.3. The van der Waals surface area contributed by atoms with Crippen LogP contribution in [0, 0.1) is 6.92 Å². The number of benzene rings is 2. The molecule has 2 aromatic carbocycles. The van der Waals surface area contributed by atoms with Gasteiger partial charge in [-0.25, -0.2) is 8.42 Å². The van der Waals surface area contributed by atoms with E-state index in [0.717, 1.165) is 11.1 Å². The van der Waals surface area contributed by atoms with Crippen molar-refractivity contribution in [2.24, 2.45) is 0 Å². The van der Waals surface area contributed by atoms with Crippen LogP contribution in [0.2, 0.25) is 0 Å². The van der Waals surface area contributed by atoms with E-state index in [4.69, 9.17) is 18.9 Å². The van der Waals surface area contributed by atoms with Gasteiger partial charge in [0.15, 0.2) is 22.4 Å². The van der Waals surface area contributed by atoms with Crippen LogP contribution in [0.4, 0.5) is 0 Å². The predicted molar refractivity (Wildman–Crippen MR) is 120 cm³/mol. The topological polar surface area (TPSA) is 83.1 Å². The molecule has 0 unspecified atom stereocenters. The molecule has 2 fully saturated rings. The Balaban J connectivity index is 1.76. The third-order valence-electron chi connectivity index (χ3n) is 5.88. The molecular formula is C24H31NO6S. The molecule has 0 aliphatic carbocycles. The number of hydrogen-bond donors (Lipinski definition) is 1. The average molecular weight is 462 g/mol. The molecule has 6 atom stereocenters. The number of nitrogens with one attached hydrogen (secondary N) is 1. The number of fused-ring (bicyclic) bond motifs is 1. The Morgan fingerprint density at radius 3 is 2.34 bits per heavy atom. The number of methoxy groups -OCH3 is 1. The Kier molecular flexibility index (Phi) is 7.00. The Morgan fingerprint density at radius 2 is 1.72 bits per heavy atom. The summed E-state index contributed by atoms with van der Waals surface area (Å²) in [5.41, 5.74) is 1.83. The van der Waals surface area contributed by atoms with Crippen molar-refractivity contribution in [2.75, 3.05) is 13.7 Å². The zero-order chi connectivity index (χ0) is 22.9. The van der Waals surface area contributed by atoms with Crippen molar-refractivity contribution >= 4 is 9.84 Å². The van der Waals surface area contributed by atoms with E-state index >= 15 is 0 Å². The molecule has 0 aromatic heterocycles. The van der Waals surface area contributed by atoms with Crippen molar-refractivity contribution in [2.45, 2.75) is 67.8 Å². The lowest BCUT2D eigenvalue weighted by Gasteiger charge is -2.49. The third-order valence-corrected chi connectivity index (χ3v) is 8.08. The van der Waals surface area contributed by atoms with Gasteiger partial charge in [-0.2, -0.15) is 0 Å². The number of sulfone groups is 1. The number of aryl methyl sites for hydroxylation is 1. The molecule has 1 N–H and O–H groups in total. The molecule has 2 heterocycles. The maximum absolute atomic E-state index is 14.0. The van der Waals surface area contributed by atoms with Crippen molar-refractivity contribution < 1.29 is 27.4 Å². The van der Waals surface area contributed by atoms with Crippen LogP contribution in [0.5, 0.6) is 0 Å². The highest BCUT2D eigenvalue weighted by Gasteiger charge is 2.55. The largest absolute Gasteiger partial charge is 0.354 e. The van der Waals surface area contributed by atoms with Crippen LogP contribution in [-0.4, -0.2) is 58.0 Å². The molecule has 32 heavy (non-hydrogen) atoms. The van der Waals surface area contributed by atoms with Crippen LogP contribution in [0.15, 0.2) is 59.5 Å². The summed E-state index contributed by atoms with van der Waals surface area (Å²) < 4.78 is 51.9. The van der Waals surface area contributed by atoms with Gasteiger partial charge in [0.2, 0.25) is 0 Å². The molecule has 2 saturated heterocycles. The summed E-state index contributed by atoms with van der Waals surface area (Å²) in [4.78, 5) is 0.255. The summed E-state index contributed by atoms with van der Waals surface area (Å²) in [6, 6.07) is 15.8. The molecule has 0 saturated carbocycles. The molecule has 2 aliphatic rings. The Labute approximate surface area is 189 Å². The quantitative estimate of drug-likeness (QED) is 0.708. The fourth-order valence-electron chi connectivity index (χ4n) is 4.37. The highest BCUT2D eigenvalue weighted by atomic mass is 32.2. The lowest BCUT2D eigenvalue weighted by atomic mass is 9.97. The molecule has 4 rings (SSSR count). The SMILES string of the molecule is CO[C@@H]1O[C@@H]2CO[C@@H](c3ccccc3)O[C@H]2[C@H](S(=O)(=O)c2ccc(C)cc2)[C@H]1NC(C)C. The van der Waals surface area contributed by atoms with Crippen LogP contribution in [0.3, 0.4) is 0 Å². The van der Waals surface area contributed by atoms with E-state index in [1.54, 1.807) is 24.3 Å². The van der Waals surface area contributed by atoms with Gasteiger partial charge in [0, 0.05) is 18.7 Å². The molecule has 0 bridgehead atoms. The fourth-order valence-corrected chi connectivity index (χ4v) is 6.38. The molecule has 0 radical (unpaired) electrons. The molecule has 0 spiro atoms. The molecule has 7 nitrogen and oxygen atoms in total. The minimum absolute atomic E-state index is 0.0123. The molecule has 0 amide bonds. The van der Waals surface area contributed by atoms with Crippen LogP contribution >= 0.6 is 0 Å². The van der Waals surface area contributed by atoms with Crippen LogP contribution in [0.25, 0.3) is 0 Å². The lowest BCUT2D eigenvalue weighted by molar-refractivity contribution is -0.317. The summed E-state index contributed by atoms with van der Waals surface area (Å²) in [6.07, 6.45) is -2.74. The van der Waals surface area contributed by atoms with Crippen molar-refractivity contribution in [1.82, 2.24) is 5.32 Å². The van der Waals surface area contributed by atoms with Crippen molar-refractivity contribution in [3.63, 3.8) is 0 Å². The summed E-state index contributed by atoms with van der Waals surface area (Å²) in [5.74, 6) is 0. The number of ether oxygens (including phenoxy) is 4. The highest BCUT2D eigenvalue weighted by Crippen LogP contribution is 2.38. The van der Waals surface area contributed by atoms with Crippen LogP contribution < -0.4 is 5.32 Å². The van der Waals surface area contributed by atoms with E-state index in [0.29, 0.717) is 0 Å². The third kappa shape index (κ3) is 4.62. The molecule has 174 valence electrons. The Hall–Kier alpha value is -1.81. The van der Waals surface area contributed by atoms with Crippen LogP contribution in [0.1, 0.15) is 31.3 Å². The summed E-state index contributed by atoms with van der Waals surface area (Å²) in [5, 5.41) is 2.43. The minimum Gasteiger partial charge on any atom is -0.354 e. The van der Waals surface area contributed by atoms with Crippen molar-refractivity contribution in [1.29, 1.82) is 0 Å². The van der Waals surface area contributed by atoms with Gasteiger partial charge in [-0.15, -0.1) is 0 Å². The van der Waals surface area contributed by atoms with Gasteiger partial charge in [-0.05, 0) is 19.1 Å². The first-order valence-corrected chi connectivity index (χ1v) is 12.4. The summed E-state index contributed by atoms with van der Waals surface area (Å²) >= 11 is 0. The van der Waals surface area contributed by atoms with Crippen LogP contribution in [-0.2, 0) is 28.8 Å². The van der Waals surface area contributed by atoms with E-state index in [1.807, 2.05) is 51.1 Å². The van der Waals surface area contributed by atoms with Crippen molar-refractivity contribution in [3.05, 3.63) is 65.7 Å². The predicted octanol–water partition coefficient (Wildman–Crippen LogP) is 2.99. The Bertz CT molecular complexity index is 995. The van der Waals surface area contributed by atoms with E-state index in [-0.39, 0.29) is 17.5 Å². The van der Waals surface area contributed by atoms with Gasteiger partial charge in [-0.1, -0.05) is 61.9 Å². The van der Waals surface area contributed by atoms with Gasteiger partial charge < -0.3 is 24.3 Å². The minimum atomic E-state index is -3.80. The van der Waals surface area contributed by atoms with E-state index < -0.39 is 45.9 Å². The first kappa shape index (κ1) is 23.4. The van der Waals surface area contributed by atoms with Crippen molar-refractivity contribution in [3.8, 4) is 0 Å². The first-order valence-electron chi connectivity index (χ1n) is 10.9. The zero-order valence-electron chi connectivity index (χ0n) is 18.8. The van der Waals surface area contributed by atoms with E-state index in [1.165, 1.54) is 7.11 Å². The monoisotopic (exact) mass is 461 g/mol. The number of rotatable bonds is 6. The van der Waals surface area contributed by atoms with Gasteiger partial charge in [0.05, 0.1) is 17.5 Å². The standard InChI is InChI=1S/C24H31NO6S/c1-15(2)25-20-22(32(26,27)18-12-10-16(3)11-13-18)21-19(30-24(20)28-4)14-29-23(31-21)17-8-6-5-7-9-17/h5-13,15,19-25H,14H2,1-4H3/t19-,20-,21-,22-,23-,24-/m1/s1. The maximum Gasteiger partial charge on any atom is 0.185 e. The molecule has 2 aromatic rings. The van der Waals surface area contributed by atoms with Gasteiger partial charge in [0.25, 0.3) is 0 Å². The van der Waals surface area contributed by atoms with E-state index in [9.17, 15) is 8.42 Å². The number of hydrogen-bond acceptors (Lipinski definition) is 7. The fraction of sp³-hybridized carbons (Fsp3) is 0.500. The highest BCUT2D eigenvalue weighted by molar-refractivity contribution is 7.92. The summed E-state index contributed by atoms with van der Waals surface area (Å²) in [7, 11) is -2.27. The second-order valence-electron chi connectivity index (χ2n) is 8.63. The van der Waals surface area contributed by atoms with Gasteiger partial charge >= 0.3 is 0 Å². The van der Waals surface area contributed by atoms with E-state index in [2.05, 4.69) is 5.32 Å². The molecule has 8 heteroatoms. The average Bonchev–Trinajstić information content (AvgIpc) is 2.78. The molecule has 2 aliphatic heterocycles. The second-order valence-corrected chi connectivity index (χ2v) is 10.7. The maximum atomic E-state index is 14.0. The van der Waals surface area contributed by atoms with Gasteiger partial charge in [0.1, 0.15) is 17.5 Å².